The highest BCUT2D eigenvalue weighted by Crippen LogP contribution is 2.26. The van der Waals surface area contributed by atoms with Crippen LogP contribution in [0.25, 0.3) is 0 Å². The number of nitrogens with two attached hydrogens (primary N) is 1. The smallest absolute Gasteiger partial charge is 0.303 e. The van der Waals surface area contributed by atoms with Crippen molar-refractivity contribution in [2.24, 2.45) is 11.1 Å². The van der Waals surface area contributed by atoms with Crippen molar-refractivity contribution < 1.29 is 14.7 Å². The second kappa shape index (κ2) is 7.78. The lowest BCUT2D eigenvalue weighted by atomic mass is 9.84. The van der Waals surface area contributed by atoms with E-state index in [1.165, 1.54) is 0 Å². The van der Waals surface area contributed by atoms with E-state index in [0.717, 1.165) is 12.0 Å². The van der Waals surface area contributed by atoms with Crippen LogP contribution in [0.4, 0.5) is 0 Å². The molecule has 1 aromatic rings. The second-order valence-electron chi connectivity index (χ2n) is 5.96. The SMILES string of the molecule is CC(C)(CCNC(=O)c1ccc(CN)cc1)CCC(=O)O. The van der Waals surface area contributed by atoms with E-state index in [-0.39, 0.29) is 17.7 Å². The zero-order valence-corrected chi connectivity index (χ0v) is 12.7. The van der Waals surface area contributed by atoms with E-state index in [1.807, 2.05) is 26.0 Å². The number of carbonyl (C=O) groups is 2. The lowest BCUT2D eigenvalue weighted by molar-refractivity contribution is -0.137. The number of benzene rings is 1. The lowest BCUT2D eigenvalue weighted by Crippen LogP contribution is -2.28. The van der Waals surface area contributed by atoms with Crippen molar-refractivity contribution >= 4 is 11.9 Å². The molecule has 5 heteroatoms. The van der Waals surface area contributed by atoms with Crippen LogP contribution in [0.1, 0.15) is 49.0 Å². The Morgan fingerprint density at radius 2 is 1.81 bits per heavy atom. The molecule has 0 spiro atoms. The summed E-state index contributed by atoms with van der Waals surface area (Å²) in [4.78, 5) is 22.5. The molecule has 0 aliphatic carbocycles. The summed E-state index contributed by atoms with van der Waals surface area (Å²) in [6.45, 7) is 5.01. The molecule has 0 radical (unpaired) electrons. The minimum atomic E-state index is -0.785. The fourth-order valence-electron chi connectivity index (χ4n) is 1.98. The predicted molar refractivity (Wildman–Crippen MR) is 81.9 cm³/mol. The molecular formula is C16H24N2O3. The van der Waals surface area contributed by atoms with Crippen LogP contribution in [-0.2, 0) is 11.3 Å². The zero-order valence-electron chi connectivity index (χ0n) is 12.7. The third-order valence-corrected chi connectivity index (χ3v) is 3.55. The van der Waals surface area contributed by atoms with Crippen LogP contribution in [0.2, 0.25) is 0 Å². The maximum atomic E-state index is 12.0. The average molecular weight is 292 g/mol. The fraction of sp³-hybridized carbons (Fsp3) is 0.500. The minimum Gasteiger partial charge on any atom is -0.481 e. The number of carboxylic acid groups (broad SMARTS) is 1. The van der Waals surface area contributed by atoms with E-state index >= 15 is 0 Å². The molecule has 0 saturated heterocycles. The molecule has 0 saturated carbocycles. The van der Waals surface area contributed by atoms with Crippen LogP contribution < -0.4 is 11.1 Å². The van der Waals surface area contributed by atoms with E-state index < -0.39 is 5.97 Å². The Morgan fingerprint density at radius 3 is 2.33 bits per heavy atom. The van der Waals surface area contributed by atoms with E-state index in [4.69, 9.17) is 10.8 Å². The summed E-state index contributed by atoms with van der Waals surface area (Å²) in [5, 5.41) is 11.6. The van der Waals surface area contributed by atoms with Gasteiger partial charge in [-0.1, -0.05) is 26.0 Å². The number of nitrogens with one attached hydrogen (secondary N) is 1. The molecule has 21 heavy (non-hydrogen) atoms. The minimum absolute atomic E-state index is 0.102. The summed E-state index contributed by atoms with van der Waals surface area (Å²) in [6.07, 6.45) is 1.50. The lowest BCUT2D eigenvalue weighted by Gasteiger charge is -2.23. The molecule has 0 bridgehead atoms. The van der Waals surface area contributed by atoms with Crippen molar-refractivity contribution in [3.8, 4) is 0 Å². The van der Waals surface area contributed by atoms with Gasteiger partial charge in [-0.25, -0.2) is 0 Å². The standard InChI is InChI=1S/C16H24N2O3/c1-16(2,8-7-14(19)20)9-10-18-15(21)13-5-3-12(11-17)4-6-13/h3-6H,7-11,17H2,1-2H3,(H,18,21)(H,19,20). The van der Waals surface area contributed by atoms with Gasteiger partial charge < -0.3 is 16.2 Å². The van der Waals surface area contributed by atoms with Crippen molar-refractivity contribution in [2.45, 2.75) is 39.7 Å². The molecule has 0 fully saturated rings. The van der Waals surface area contributed by atoms with Crippen LogP contribution in [-0.4, -0.2) is 23.5 Å². The summed E-state index contributed by atoms with van der Waals surface area (Å²) < 4.78 is 0. The third kappa shape index (κ3) is 6.40. The average Bonchev–Trinajstić information content (AvgIpc) is 2.45. The largest absolute Gasteiger partial charge is 0.481 e. The van der Waals surface area contributed by atoms with Gasteiger partial charge in [0.25, 0.3) is 5.91 Å². The number of rotatable bonds is 8. The van der Waals surface area contributed by atoms with Crippen molar-refractivity contribution in [3.05, 3.63) is 35.4 Å². The van der Waals surface area contributed by atoms with Gasteiger partial charge in [-0.3, -0.25) is 9.59 Å². The summed E-state index contributed by atoms with van der Waals surface area (Å²) in [6, 6.07) is 7.19. The van der Waals surface area contributed by atoms with Gasteiger partial charge in [-0.2, -0.15) is 0 Å². The summed E-state index contributed by atoms with van der Waals surface area (Å²) in [7, 11) is 0. The quantitative estimate of drug-likeness (QED) is 0.684. The third-order valence-electron chi connectivity index (χ3n) is 3.55. The maximum absolute atomic E-state index is 12.0. The highest BCUT2D eigenvalue weighted by Gasteiger charge is 2.19. The van der Waals surface area contributed by atoms with Crippen LogP contribution in [0.3, 0.4) is 0 Å². The van der Waals surface area contributed by atoms with Gasteiger partial charge in [0.2, 0.25) is 0 Å². The van der Waals surface area contributed by atoms with Gasteiger partial charge in [0.15, 0.2) is 0 Å². The van der Waals surface area contributed by atoms with Gasteiger partial charge in [0.05, 0.1) is 0 Å². The van der Waals surface area contributed by atoms with Crippen LogP contribution in [0, 0.1) is 5.41 Å². The van der Waals surface area contributed by atoms with E-state index in [9.17, 15) is 9.59 Å². The Bertz CT molecular complexity index is 481. The maximum Gasteiger partial charge on any atom is 0.303 e. The Kier molecular flexibility index (Phi) is 6.37. The van der Waals surface area contributed by atoms with Crippen molar-refractivity contribution in [1.29, 1.82) is 0 Å². The number of hydrogen-bond donors (Lipinski definition) is 3. The highest BCUT2D eigenvalue weighted by molar-refractivity contribution is 5.94. The first-order valence-electron chi connectivity index (χ1n) is 7.13. The predicted octanol–water partition coefficient (Wildman–Crippen LogP) is 2.16. The summed E-state index contributed by atoms with van der Waals surface area (Å²) >= 11 is 0. The first kappa shape index (κ1) is 17.2. The molecule has 0 heterocycles. The molecule has 1 aromatic carbocycles. The Morgan fingerprint density at radius 1 is 1.19 bits per heavy atom. The molecular weight excluding hydrogens is 268 g/mol. The molecule has 116 valence electrons. The number of aliphatic carboxylic acids is 1. The summed E-state index contributed by atoms with van der Waals surface area (Å²) in [5.74, 6) is -0.903. The molecule has 0 atom stereocenters. The Labute approximate surface area is 125 Å². The van der Waals surface area contributed by atoms with Gasteiger partial charge in [0, 0.05) is 25.1 Å². The molecule has 5 nitrogen and oxygen atoms in total. The van der Waals surface area contributed by atoms with Crippen molar-refractivity contribution in [1.82, 2.24) is 5.32 Å². The Hall–Kier alpha value is -1.88. The first-order chi connectivity index (χ1) is 9.84. The monoisotopic (exact) mass is 292 g/mol. The second-order valence-corrected chi connectivity index (χ2v) is 5.96. The Balaban J connectivity index is 2.40. The van der Waals surface area contributed by atoms with Crippen molar-refractivity contribution in [2.75, 3.05) is 6.54 Å². The van der Waals surface area contributed by atoms with Gasteiger partial charge >= 0.3 is 5.97 Å². The van der Waals surface area contributed by atoms with Gasteiger partial charge in [-0.15, -0.1) is 0 Å². The van der Waals surface area contributed by atoms with E-state index in [2.05, 4.69) is 5.32 Å². The number of amides is 1. The van der Waals surface area contributed by atoms with Crippen molar-refractivity contribution in [3.63, 3.8) is 0 Å². The number of carboxylic acids is 1. The molecule has 0 aromatic heterocycles. The summed E-state index contributed by atoms with van der Waals surface area (Å²) in [5.41, 5.74) is 7.00. The molecule has 0 unspecified atom stereocenters. The van der Waals surface area contributed by atoms with Crippen LogP contribution in [0.15, 0.2) is 24.3 Å². The van der Waals surface area contributed by atoms with E-state index in [1.54, 1.807) is 12.1 Å². The normalized spacial score (nSPS) is 11.2. The zero-order chi connectivity index (χ0) is 15.9. The van der Waals surface area contributed by atoms with E-state index in [0.29, 0.717) is 25.1 Å². The molecule has 4 N–H and O–H groups in total. The van der Waals surface area contributed by atoms with Crippen LogP contribution in [0.5, 0.6) is 0 Å². The number of hydrogen-bond acceptors (Lipinski definition) is 3. The molecule has 0 aliphatic rings. The fourth-order valence-corrected chi connectivity index (χ4v) is 1.98. The van der Waals surface area contributed by atoms with Crippen LogP contribution >= 0.6 is 0 Å². The number of carbonyl (C=O) groups excluding carboxylic acids is 1. The topological polar surface area (TPSA) is 92.4 Å². The molecule has 1 rings (SSSR count). The van der Waals surface area contributed by atoms with Gasteiger partial charge in [-0.05, 0) is 36.0 Å². The highest BCUT2D eigenvalue weighted by atomic mass is 16.4. The van der Waals surface area contributed by atoms with Gasteiger partial charge in [0.1, 0.15) is 0 Å². The molecule has 1 amide bonds. The first-order valence-corrected chi connectivity index (χ1v) is 7.13. The molecule has 0 aliphatic heterocycles.